The number of aliphatic hydroxyl groups is 1. The number of benzene rings is 1. The SMILES string of the molecule is C#Cc1cncc(-c2cc(C(=O)Nc3ccc(OC(F)(F)F)cc3)cnc2N(C)CCO)c1. The Kier molecular flexibility index (Phi) is 7.15. The van der Waals surface area contributed by atoms with E-state index in [0.29, 0.717) is 29.1 Å². The summed E-state index contributed by atoms with van der Waals surface area (Å²) in [6.45, 7) is 0.205. The number of hydrogen-bond acceptors (Lipinski definition) is 6. The summed E-state index contributed by atoms with van der Waals surface area (Å²) < 4.78 is 40.7. The van der Waals surface area contributed by atoms with E-state index in [-0.39, 0.29) is 17.9 Å². The average molecular weight is 456 g/mol. The number of halogens is 3. The van der Waals surface area contributed by atoms with E-state index in [1.807, 2.05) is 0 Å². The number of likely N-dealkylation sites (N-methyl/N-ethyl adjacent to an activating group) is 1. The van der Waals surface area contributed by atoms with E-state index < -0.39 is 18.0 Å². The molecule has 0 atom stereocenters. The highest BCUT2D eigenvalue weighted by Gasteiger charge is 2.31. The van der Waals surface area contributed by atoms with Crippen molar-refractivity contribution >= 4 is 17.4 Å². The smallest absolute Gasteiger partial charge is 0.406 e. The molecule has 0 radical (unpaired) electrons. The van der Waals surface area contributed by atoms with Crippen molar-refractivity contribution in [2.45, 2.75) is 6.36 Å². The number of terminal acetylenes is 1. The van der Waals surface area contributed by atoms with Crippen LogP contribution in [0, 0.1) is 12.3 Å². The van der Waals surface area contributed by atoms with Crippen LogP contribution in [0.25, 0.3) is 11.1 Å². The second-order valence-corrected chi connectivity index (χ2v) is 6.87. The van der Waals surface area contributed by atoms with E-state index in [1.165, 1.54) is 24.5 Å². The number of aromatic nitrogens is 2. The van der Waals surface area contributed by atoms with Crippen molar-refractivity contribution in [1.29, 1.82) is 0 Å². The predicted molar refractivity (Wildman–Crippen MR) is 117 cm³/mol. The fourth-order valence-electron chi connectivity index (χ4n) is 2.96. The van der Waals surface area contributed by atoms with E-state index in [2.05, 4.69) is 25.9 Å². The number of rotatable bonds is 7. The first-order valence-electron chi connectivity index (χ1n) is 9.61. The van der Waals surface area contributed by atoms with Crippen LogP contribution < -0.4 is 15.0 Å². The summed E-state index contributed by atoms with van der Waals surface area (Å²) in [4.78, 5) is 23.0. The Morgan fingerprint density at radius 3 is 2.58 bits per heavy atom. The third kappa shape index (κ3) is 6.21. The van der Waals surface area contributed by atoms with Crippen LogP contribution in [0.15, 0.2) is 55.0 Å². The molecule has 1 amide bonds. The van der Waals surface area contributed by atoms with Crippen LogP contribution in [0.5, 0.6) is 5.75 Å². The van der Waals surface area contributed by atoms with Gasteiger partial charge in [-0.1, -0.05) is 5.92 Å². The Morgan fingerprint density at radius 2 is 1.94 bits per heavy atom. The van der Waals surface area contributed by atoms with Crippen molar-refractivity contribution in [3.8, 4) is 29.2 Å². The maximum absolute atomic E-state index is 12.8. The molecule has 33 heavy (non-hydrogen) atoms. The second-order valence-electron chi connectivity index (χ2n) is 6.87. The van der Waals surface area contributed by atoms with Gasteiger partial charge in [0, 0.05) is 54.6 Å². The van der Waals surface area contributed by atoms with Crippen LogP contribution in [-0.4, -0.2) is 47.5 Å². The Balaban J connectivity index is 1.90. The lowest BCUT2D eigenvalue weighted by molar-refractivity contribution is -0.274. The molecule has 0 saturated carbocycles. The molecule has 0 bridgehead atoms. The molecule has 3 rings (SSSR count). The van der Waals surface area contributed by atoms with Crippen LogP contribution in [0.4, 0.5) is 24.7 Å². The lowest BCUT2D eigenvalue weighted by Gasteiger charge is -2.21. The highest BCUT2D eigenvalue weighted by atomic mass is 19.4. The van der Waals surface area contributed by atoms with E-state index in [4.69, 9.17) is 6.42 Å². The molecular weight excluding hydrogens is 437 g/mol. The molecule has 2 heterocycles. The zero-order valence-corrected chi connectivity index (χ0v) is 17.4. The van der Waals surface area contributed by atoms with Gasteiger partial charge in [-0.15, -0.1) is 19.6 Å². The third-order valence-electron chi connectivity index (χ3n) is 4.49. The number of hydrogen-bond donors (Lipinski definition) is 2. The number of amides is 1. The van der Waals surface area contributed by atoms with Crippen molar-refractivity contribution in [2.24, 2.45) is 0 Å². The standard InChI is InChI=1S/C23H19F3N4O3/c1-3-15-10-16(13-27-12-15)20-11-17(14-28-21(20)30(2)8-9-31)22(32)29-18-4-6-19(7-5-18)33-23(24,25)26/h1,4-7,10-14,31H,8-9H2,2H3,(H,29,32). The average Bonchev–Trinajstić information content (AvgIpc) is 2.79. The van der Waals surface area contributed by atoms with Crippen molar-refractivity contribution in [3.05, 3.63) is 66.1 Å². The zero-order chi connectivity index (χ0) is 24.0. The third-order valence-corrected chi connectivity index (χ3v) is 4.49. The van der Waals surface area contributed by atoms with Gasteiger partial charge in [0.1, 0.15) is 11.6 Å². The number of aliphatic hydroxyl groups excluding tert-OH is 1. The fourth-order valence-corrected chi connectivity index (χ4v) is 2.96. The second kappa shape index (κ2) is 10.0. The van der Waals surface area contributed by atoms with E-state index >= 15 is 0 Å². The first-order valence-corrected chi connectivity index (χ1v) is 9.61. The van der Waals surface area contributed by atoms with Gasteiger partial charge in [0.15, 0.2) is 0 Å². The number of alkyl halides is 3. The van der Waals surface area contributed by atoms with Crippen molar-refractivity contribution in [2.75, 3.05) is 30.4 Å². The van der Waals surface area contributed by atoms with Gasteiger partial charge in [0.25, 0.3) is 5.91 Å². The minimum atomic E-state index is -4.80. The van der Waals surface area contributed by atoms with Gasteiger partial charge in [0.2, 0.25) is 0 Å². The summed E-state index contributed by atoms with van der Waals surface area (Å²) in [5, 5.41) is 11.9. The number of carbonyl (C=O) groups is 1. The van der Waals surface area contributed by atoms with Gasteiger partial charge >= 0.3 is 6.36 Å². The van der Waals surface area contributed by atoms with Crippen LogP contribution in [0.2, 0.25) is 0 Å². The minimum absolute atomic E-state index is 0.101. The van der Waals surface area contributed by atoms with E-state index in [1.54, 1.807) is 30.3 Å². The number of carbonyl (C=O) groups excluding carboxylic acids is 1. The van der Waals surface area contributed by atoms with Gasteiger partial charge < -0.3 is 20.1 Å². The summed E-state index contributed by atoms with van der Waals surface area (Å²) in [6.07, 6.45) is 5.13. The summed E-state index contributed by atoms with van der Waals surface area (Å²) in [7, 11) is 1.74. The number of nitrogens with zero attached hydrogens (tertiary/aromatic N) is 3. The normalized spacial score (nSPS) is 10.9. The molecule has 170 valence electrons. The number of nitrogens with one attached hydrogen (secondary N) is 1. The Morgan fingerprint density at radius 1 is 1.21 bits per heavy atom. The first kappa shape index (κ1) is 23.6. The van der Waals surface area contributed by atoms with Crippen molar-refractivity contribution < 1.29 is 27.8 Å². The molecule has 0 aliphatic rings. The Hall–Kier alpha value is -4.10. The van der Waals surface area contributed by atoms with Gasteiger partial charge in [0.05, 0.1) is 12.2 Å². The molecule has 0 aliphatic carbocycles. The number of pyridine rings is 2. The highest BCUT2D eigenvalue weighted by Crippen LogP contribution is 2.30. The summed E-state index contributed by atoms with van der Waals surface area (Å²) in [6, 6.07) is 8.09. The fraction of sp³-hybridized carbons (Fsp3) is 0.174. The largest absolute Gasteiger partial charge is 0.573 e. The molecule has 2 N–H and O–H groups in total. The van der Waals surface area contributed by atoms with Gasteiger partial charge in [-0.3, -0.25) is 9.78 Å². The summed E-state index contributed by atoms with van der Waals surface area (Å²) in [5.41, 5.74) is 2.21. The molecule has 0 aliphatic heterocycles. The van der Waals surface area contributed by atoms with Crippen LogP contribution >= 0.6 is 0 Å². The van der Waals surface area contributed by atoms with Crippen LogP contribution in [-0.2, 0) is 0 Å². The van der Waals surface area contributed by atoms with Gasteiger partial charge in [-0.05, 0) is 36.4 Å². The maximum Gasteiger partial charge on any atom is 0.573 e. The molecule has 0 fully saturated rings. The molecule has 0 unspecified atom stereocenters. The molecule has 0 spiro atoms. The Bertz CT molecular complexity index is 1170. The van der Waals surface area contributed by atoms with Gasteiger partial charge in [-0.25, -0.2) is 4.98 Å². The van der Waals surface area contributed by atoms with E-state index in [0.717, 1.165) is 12.1 Å². The summed E-state index contributed by atoms with van der Waals surface area (Å²) >= 11 is 0. The molecule has 3 aromatic rings. The van der Waals surface area contributed by atoms with Crippen molar-refractivity contribution in [1.82, 2.24) is 9.97 Å². The lowest BCUT2D eigenvalue weighted by atomic mass is 10.0. The molecule has 7 nitrogen and oxygen atoms in total. The topological polar surface area (TPSA) is 87.6 Å². The Labute approximate surface area is 187 Å². The molecular formula is C23H19F3N4O3. The molecule has 1 aromatic carbocycles. The monoisotopic (exact) mass is 456 g/mol. The van der Waals surface area contributed by atoms with Crippen molar-refractivity contribution in [3.63, 3.8) is 0 Å². The maximum atomic E-state index is 12.8. The quantitative estimate of drug-likeness (QED) is 0.527. The van der Waals surface area contributed by atoms with E-state index in [9.17, 15) is 23.1 Å². The van der Waals surface area contributed by atoms with Crippen LogP contribution in [0.3, 0.4) is 0 Å². The summed E-state index contributed by atoms with van der Waals surface area (Å²) in [5.74, 6) is 2.08. The highest BCUT2D eigenvalue weighted by molar-refractivity contribution is 6.05. The molecule has 10 heteroatoms. The minimum Gasteiger partial charge on any atom is -0.406 e. The lowest BCUT2D eigenvalue weighted by Crippen LogP contribution is -2.23. The van der Waals surface area contributed by atoms with Crippen LogP contribution in [0.1, 0.15) is 15.9 Å². The zero-order valence-electron chi connectivity index (χ0n) is 17.4. The number of anilines is 2. The van der Waals surface area contributed by atoms with Gasteiger partial charge in [-0.2, -0.15) is 0 Å². The first-order chi connectivity index (χ1) is 15.7. The molecule has 2 aromatic heterocycles. The number of ether oxygens (including phenoxy) is 1. The predicted octanol–water partition coefficient (Wildman–Crippen LogP) is 3.70. The molecule has 0 saturated heterocycles.